The van der Waals surface area contributed by atoms with Crippen molar-refractivity contribution in [2.75, 3.05) is 31.5 Å². The van der Waals surface area contributed by atoms with Gasteiger partial charge < -0.3 is 30.0 Å². The minimum atomic E-state index is -0.647. The first-order valence-electron chi connectivity index (χ1n) is 10.5. The first-order chi connectivity index (χ1) is 17.3. The lowest BCUT2D eigenvalue weighted by molar-refractivity contribution is -0.118. The minimum absolute atomic E-state index is 0.0466. The zero-order valence-corrected chi connectivity index (χ0v) is 20.1. The number of nitrogens with one attached hydrogen (secondary N) is 2. The monoisotopic (exact) mass is 507 g/mol. The fourth-order valence-corrected chi connectivity index (χ4v) is 3.37. The quantitative estimate of drug-likeness (QED) is 0.219. The van der Waals surface area contributed by atoms with Gasteiger partial charge in [0.2, 0.25) is 0 Å². The van der Waals surface area contributed by atoms with E-state index in [9.17, 15) is 20.0 Å². The second kappa shape index (κ2) is 12.1. The lowest BCUT2D eigenvalue weighted by Gasteiger charge is -2.14. The molecule has 3 aromatic carbocycles. The van der Waals surface area contributed by atoms with Crippen LogP contribution in [0.2, 0.25) is 5.02 Å². The largest absolute Gasteiger partial charge is 0.508 e. The van der Waals surface area contributed by atoms with E-state index in [2.05, 4.69) is 10.6 Å². The first-order valence-corrected chi connectivity index (χ1v) is 10.9. The van der Waals surface area contributed by atoms with Crippen molar-refractivity contribution < 1.29 is 28.9 Å². The lowest BCUT2D eigenvalue weighted by Crippen LogP contribution is -2.20. The number of amides is 2. The number of anilines is 2. The molecule has 0 saturated carbocycles. The second-order valence-corrected chi connectivity index (χ2v) is 7.65. The number of nitrogens with zero attached hydrogens (tertiary/aromatic N) is 1. The summed E-state index contributed by atoms with van der Waals surface area (Å²) in [6.07, 6.45) is 1.34. The number of benzene rings is 3. The second-order valence-electron chi connectivity index (χ2n) is 7.24. The molecule has 0 aliphatic carbocycles. The van der Waals surface area contributed by atoms with E-state index in [-0.39, 0.29) is 34.5 Å². The van der Waals surface area contributed by atoms with Gasteiger partial charge in [0.1, 0.15) is 23.1 Å². The summed E-state index contributed by atoms with van der Waals surface area (Å²) in [4.78, 5) is 24.9. The first kappa shape index (κ1) is 25.9. The van der Waals surface area contributed by atoms with Gasteiger partial charge in [0.05, 0.1) is 24.9 Å². The van der Waals surface area contributed by atoms with Gasteiger partial charge in [0.15, 0.2) is 18.1 Å². The maximum absolute atomic E-state index is 12.5. The number of nitriles is 1. The molecule has 9 nitrogen and oxygen atoms in total. The average Bonchev–Trinajstić information content (AvgIpc) is 2.87. The van der Waals surface area contributed by atoms with Crippen molar-refractivity contribution in [2.24, 2.45) is 0 Å². The van der Waals surface area contributed by atoms with Crippen LogP contribution in [0.15, 0.2) is 66.2 Å². The Balaban J connectivity index is 1.74. The zero-order valence-electron chi connectivity index (χ0n) is 19.4. The highest BCUT2D eigenvalue weighted by Crippen LogP contribution is 2.37. The van der Waals surface area contributed by atoms with Crippen LogP contribution in [0.5, 0.6) is 23.0 Å². The van der Waals surface area contributed by atoms with Crippen LogP contribution in [-0.2, 0) is 9.59 Å². The topological polar surface area (TPSA) is 130 Å². The molecule has 184 valence electrons. The van der Waals surface area contributed by atoms with Crippen molar-refractivity contribution in [3.05, 3.63) is 76.8 Å². The number of phenols is 1. The summed E-state index contributed by atoms with van der Waals surface area (Å²) < 4.78 is 16.1. The Morgan fingerprint density at radius 2 is 1.72 bits per heavy atom. The van der Waals surface area contributed by atoms with Gasteiger partial charge in [0.25, 0.3) is 11.8 Å². The predicted molar refractivity (Wildman–Crippen MR) is 135 cm³/mol. The number of methoxy groups -OCH3 is 2. The van der Waals surface area contributed by atoms with Crippen LogP contribution in [0, 0.1) is 11.3 Å². The molecular weight excluding hydrogens is 486 g/mol. The number of hydrogen-bond donors (Lipinski definition) is 3. The number of phenolic OH excluding ortho intramolecular Hbond substituents is 1. The van der Waals surface area contributed by atoms with Gasteiger partial charge in [-0.25, -0.2) is 0 Å². The van der Waals surface area contributed by atoms with Crippen LogP contribution in [0.4, 0.5) is 11.4 Å². The van der Waals surface area contributed by atoms with Crippen molar-refractivity contribution >= 4 is 40.9 Å². The maximum Gasteiger partial charge on any atom is 0.266 e. The van der Waals surface area contributed by atoms with Gasteiger partial charge in [0, 0.05) is 5.69 Å². The van der Waals surface area contributed by atoms with E-state index in [0.717, 1.165) is 0 Å². The minimum Gasteiger partial charge on any atom is -0.508 e. The number of carbonyl (C=O) groups excluding carboxylic acids is 2. The molecule has 3 aromatic rings. The summed E-state index contributed by atoms with van der Waals surface area (Å²) in [6, 6.07) is 17.6. The van der Waals surface area contributed by atoms with Gasteiger partial charge >= 0.3 is 0 Å². The lowest BCUT2D eigenvalue weighted by atomic mass is 10.1. The molecule has 0 saturated heterocycles. The highest BCUT2D eigenvalue weighted by Gasteiger charge is 2.16. The van der Waals surface area contributed by atoms with Gasteiger partial charge in [-0.15, -0.1) is 0 Å². The molecule has 0 unspecified atom stereocenters. The molecule has 0 heterocycles. The van der Waals surface area contributed by atoms with Gasteiger partial charge in [-0.2, -0.15) is 5.26 Å². The Hall–Kier alpha value is -4.68. The molecule has 10 heteroatoms. The Kier molecular flexibility index (Phi) is 8.75. The highest BCUT2D eigenvalue weighted by molar-refractivity contribution is 6.32. The summed E-state index contributed by atoms with van der Waals surface area (Å²) in [6.45, 7) is -0.359. The van der Waals surface area contributed by atoms with Crippen molar-refractivity contribution in [1.29, 1.82) is 5.26 Å². The summed E-state index contributed by atoms with van der Waals surface area (Å²) in [5, 5.41) is 24.2. The van der Waals surface area contributed by atoms with Crippen molar-refractivity contribution in [3.63, 3.8) is 0 Å². The molecule has 36 heavy (non-hydrogen) atoms. The SMILES string of the molecule is COc1ccccc1NC(=O)COc1c(Cl)cc(/C=C(\C#N)C(=O)Nc2ccc(O)cc2)cc1OC. The number of carbonyl (C=O) groups is 2. The van der Waals surface area contributed by atoms with E-state index in [1.807, 2.05) is 6.07 Å². The molecular formula is C26H22ClN3O6. The third-order valence-corrected chi connectivity index (χ3v) is 5.06. The van der Waals surface area contributed by atoms with Gasteiger partial charge in [-0.05, 0) is 60.2 Å². The van der Waals surface area contributed by atoms with Gasteiger partial charge in [-0.3, -0.25) is 9.59 Å². The van der Waals surface area contributed by atoms with E-state index in [1.54, 1.807) is 24.3 Å². The van der Waals surface area contributed by atoms with E-state index in [0.29, 0.717) is 22.7 Å². The summed E-state index contributed by atoms with van der Waals surface area (Å²) in [5.74, 6) is -0.217. The number of halogens is 1. The molecule has 0 aliphatic heterocycles. The van der Waals surface area contributed by atoms with Crippen LogP contribution in [0.1, 0.15) is 5.56 Å². The number of hydrogen-bond acceptors (Lipinski definition) is 7. The van der Waals surface area contributed by atoms with E-state index in [4.69, 9.17) is 25.8 Å². The number of aromatic hydroxyl groups is 1. The maximum atomic E-state index is 12.5. The smallest absolute Gasteiger partial charge is 0.266 e. The Morgan fingerprint density at radius 1 is 1.03 bits per heavy atom. The molecule has 0 fully saturated rings. The fraction of sp³-hybridized carbons (Fsp3) is 0.115. The molecule has 0 radical (unpaired) electrons. The third-order valence-electron chi connectivity index (χ3n) is 4.78. The molecule has 3 rings (SSSR count). The summed E-state index contributed by atoms with van der Waals surface area (Å²) in [5.41, 5.74) is 1.11. The summed E-state index contributed by atoms with van der Waals surface area (Å²) >= 11 is 6.36. The Bertz CT molecular complexity index is 1330. The molecule has 3 N–H and O–H groups in total. The predicted octanol–water partition coefficient (Wildman–Crippen LogP) is 4.63. The third kappa shape index (κ3) is 6.68. The van der Waals surface area contributed by atoms with Crippen molar-refractivity contribution in [1.82, 2.24) is 0 Å². The fourth-order valence-electron chi connectivity index (χ4n) is 3.09. The van der Waals surface area contributed by atoms with Crippen LogP contribution >= 0.6 is 11.6 Å². The van der Waals surface area contributed by atoms with Gasteiger partial charge in [-0.1, -0.05) is 23.7 Å². The molecule has 0 spiro atoms. The Labute approximate surface area is 212 Å². The normalized spacial score (nSPS) is 10.7. The molecule has 0 aromatic heterocycles. The number of para-hydroxylation sites is 2. The molecule has 0 bridgehead atoms. The molecule has 0 atom stereocenters. The zero-order chi connectivity index (χ0) is 26.1. The average molecular weight is 508 g/mol. The summed E-state index contributed by atoms with van der Waals surface area (Å²) in [7, 11) is 2.89. The van der Waals surface area contributed by atoms with Crippen molar-refractivity contribution in [3.8, 4) is 29.1 Å². The Morgan fingerprint density at radius 3 is 2.39 bits per heavy atom. The molecule has 0 aliphatic rings. The van der Waals surface area contributed by atoms with Crippen LogP contribution < -0.4 is 24.8 Å². The standard InChI is InChI=1S/C26H22ClN3O6/c1-34-22-6-4-3-5-21(22)30-24(32)15-36-25-20(27)12-16(13-23(25)35-2)11-17(14-28)26(33)29-18-7-9-19(31)10-8-18/h3-13,31H,15H2,1-2H3,(H,29,33)(H,30,32)/b17-11+. The highest BCUT2D eigenvalue weighted by atomic mass is 35.5. The van der Waals surface area contributed by atoms with E-state index in [1.165, 1.54) is 56.7 Å². The molecule has 2 amide bonds. The van der Waals surface area contributed by atoms with E-state index < -0.39 is 11.8 Å². The van der Waals surface area contributed by atoms with E-state index >= 15 is 0 Å². The van der Waals surface area contributed by atoms with Crippen LogP contribution in [0.3, 0.4) is 0 Å². The van der Waals surface area contributed by atoms with Crippen molar-refractivity contribution in [2.45, 2.75) is 0 Å². The van der Waals surface area contributed by atoms with Crippen LogP contribution in [-0.4, -0.2) is 37.7 Å². The number of ether oxygens (including phenoxy) is 3. The number of rotatable bonds is 9. The van der Waals surface area contributed by atoms with Crippen LogP contribution in [0.25, 0.3) is 6.08 Å².